The van der Waals surface area contributed by atoms with Crippen LogP contribution >= 0.6 is 15.9 Å². The van der Waals surface area contributed by atoms with E-state index in [2.05, 4.69) is 27.0 Å². The lowest BCUT2D eigenvalue weighted by molar-refractivity contribution is 0.101. The summed E-state index contributed by atoms with van der Waals surface area (Å²) in [6, 6.07) is 8.01. The van der Waals surface area contributed by atoms with E-state index in [1.165, 1.54) is 5.56 Å². The fourth-order valence-electron chi connectivity index (χ4n) is 1.45. The molecule has 0 bridgehead atoms. The molecule has 2 aromatic rings. The molecule has 3 heteroatoms. The van der Waals surface area contributed by atoms with Crippen LogP contribution in [0.3, 0.4) is 0 Å². The van der Waals surface area contributed by atoms with Gasteiger partial charge in [-0.15, -0.1) is 0 Å². The Hall–Kier alpha value is -1.09. The summed E-state index contributed by atoms with van der Waals surface area (Å²) in [7, 11) is 0. The lowest BCUT2D eigenvalue weighted by Crippen LogP contribution is -1.89. The molecule has 2 rings (SSSR count). The number of carbonyl (C=O) groups is 1. The number of nitrogens with one attached hydrogen (secondary N) is 1. The fraction of sp³-hybridized carbons (Fsp3) is 0.182. The molecule has 1 heterocycles. The SMILES string of the molecule is CC(=O)c1cc2cc(CBr)ccc2[nH]1. The van der Waals surface area contributed by atoms with Gasteiger partial charge in [0.1, 0.15) is 0 Å². The zero-order valence-electron chi connectivity index (χ0n) is 7.80. The first kappa shape index (κ1) is 9.46. The zero-order chi connectivity index (χ0) is 10.1. The lowest BCUT2D eigenvalue weighted by atomic mass is 10.2. The second-order valence-corrected chi connectivity index (χ2v) is 3.86. The maximum atomic E-state index is 11.1. The van der Waals surface area contributed by atoms with Crippen LogP contribution in [0, 0.1) is 0 Å². The second-order valence-electron chi connectivity index (χ2n) is 3.29. The molecule has 0 radical (unpaired) electrons. The highest BCUT2D eigenvalue weighted by Crippen LogP contribution is 2.18. The summed E-state index contributed by atoms with van der Waals surface area (Å²) in [5.74, 6) is 0.0709. The average Bonchev–Trinajstić information content (AvgIpc) is 2.59. The summed E-state index contributed by atoms with van der Waals surface area (Å²) >= 11 is 3.40. The van der Waals surface area contributed by atoms with E-state index < -0.39 is 0 Å². The third-order valence-electron chi connectivity index (χ3n) is 2.22. The molecule has 0 saturated heterocycles. The number of hydrogen-bond acceptors (Lipinski definition) is 1. The molecule has 0 fully saturated rings. The number of rotatable bonds is 2. The van der Waals surface area contributed by atoms with Crippen LogP contribution in [0.5, 0.6) is 0 Å². The molecule has 0 saturated carbocycles. The number of fused-ring (bicyclic) bond motifs is 1. The van der Waals surface area contributed by atoms with E-state index in [9.17, 15) is 4.79 Å². The molecule has 1 N–H and O–H groups in total. The summed E-state index contributed by atoms with van der Waals surface area (Å²) in [5, 5.41) is 1.93. The lowest BCUT2D eigenvalue weighted by Gasteiger charge is -1.93. The Labute approximate surface area is 90.4 Å². The molecule has 0 aliphatic carbocycles. The molecule has 0 amide bonds. The number of halogens is 1. The molecule has 2 nitrogen and oxygen atoms in total. The van der Waals surface area contributed by atoms with Crippen molar-refractivity contribution >= 4 is 32.6 Å². The third kappa shape index (κ3) is 1.60. The van der Waals surface area contributed by atoms with Crippen molar-refractivity contribution in [2.45, 2.75) is 12.3 Å². The Kier molecular flexibility index (Phi) is 2.42. The first-order valence-corrected chi connectivity index (χ1v) is 5.51. The van der Waals surface area contributed by atoms with Gasteiger partial charge in [0.2, 0.25) is 0 Å². The Morgan fingerprint density at radius 2 is 2.21 bits per heavy atom. The first-order chi connectivity index (χ1) is 6.70. The highest BCUT2D eigenvalue weighted by Gasteiger charge is 2.04. The van der Waals surface area contributed by atoms with Crippen molar-refractivity contribution in [2.75, 3.05) is 0 Å². The van der Waals surface area contributed by atoms with Gasteiger partial charge in [0.05, 0.1) is 5.69 Å². The van der Waals surface area contributed by atoms with Crippen LogP contribution in [0.15, 0.2) is 24.3 Å². The normalized spacial score (nSPS) is 10.7. The summed E-state index contributed by atoms with van der Waals surface area (Å²) in [6.07, 6.45) is 0. The maximum Gasteiger partial charge on any atom is 0.175 e. The maximum absolute atomic E-state index is 11.1. The number of hydrogen-bond donors (Lipinski definition) is 1. The van der Waals surface area contributed by atoms with Gasteiger partial charge in [0, 0.05) is 23.2 Å². The predicted octanol–water partition coefficient (Wildman–Crippen LogP) is 3.27. The van der Waals surface area contributed by atoms with Crippen molar-refractivity contribution in [1.29, 1.82) is 0 Å². The Bertz CT molecular complexity index is 487. The molecular formula is C11H10BrNO. The molecule has 1 aromatic carbocycles. The van der Waals surface area contributed by atoms with E-state index in [4.69, 9.17) is 0 Å². The summed E-state index contributed by atoms with van der Waals surface area (Å²) in [5.41, 5.74) is 2.90. The van der Waals surface area contributed by atoms with Gasteiger partial charge < -0.3 is 4.98 Å². The molecule has 14 heavy (non-hydrogen) atoms. The molecule has 72 valence electrons. The highest BCUT2D eigenvalue weighted by molar-refractivity contribution is 9.08. The van der Waals surface area contributed by atoms with Gasteiger partial charge in [-0.2, -0.15) is 0 Å². The number of alkyl halides is 1. The zero-order valence-corrected chi connectivity index (χ0v) is 9.39. The Morgan fingerprint density at radius 1 is 1.43 bits per heavy atom. The number of benzene rings is 1. The van der Waals surface area contributed by atoms with Crippen LogP contribution in [-0.2, 0) is 5.33 Å². The smallest absolute Gasteiger partial charge is 0.175 e. The molecule has 0 aliphatic rings. The topological polar surface area (TPSA) is 32.9 Å². The van der Waals surface area contributed by atoms with Gasteiger partial charge in [0.25, 0.3) is 0 Å². The number of aromatic amines is 1. The van der Waals surface area contributed by atoms with Crippen LogP contribution < -0.4 is 0 Å². The Morgan fingerprint density at radius 3 is 2.86 bits per heavy atom. The Balaban J connectivity index is 2.60. The fourth-order valence-corrected chi connectivity index (χ4v) is 1.80. The third-order valence-corrected chi connectivity index (χ3v) is 2.87. The number of Topliss-reactive ketones (excluding diaryl/α,β-unsaturated/α-hetero) is 1. The van der Waals surface area contributed by atoms with Crippen LogP contribution in [0.4, 0.5) is 0 Å². The minimum absolute atomic E-state index is 0.0709. The van der Waals surface area contributed by atoms with Crippen molar-refractivity contribution in [3.63, 3.8) is 0 Å². The van der Waals surface area contributed by atoms with Crippen LogP contribution in [0.25, 0.3) is 10.9 Å². The van der Waals surface area contributed by atoms with Gasteiger partial charge in [-0.3, -0.25) is 4.79 Å². The number of H-pyrrole nitrogens is 1. The van der Waals surface area contributed by atoms with Gasteiger partial charge in [0.15, 0.2) is 5.78 Å². The molecular weight excluding hydrogens is 242 g/mol. The standard InChI is InChI=1S/C11H10BrNO/c1-7(14)11-5-9-4-8(6-12)2-3-10(9)13-11/h2-5,13H,6H2,1H3. The van der Waals surface area contributed by atoms with Crippen molar-refractivity contribution in [3.05, 3.63) is 35.5 Å². The number of carbonyl (C=O) groups excluding carboxylic acids is 1. The predicted molar refractivity (Wildman–Crippen MR) is 60.9 cm³/mol. The van der Waals surface area contributed by atoms with E-state index in [0.717, 1.165) is 16.2 Å². The summed E-state index contributed by atoms with van der Waals surface area (Å²) in [6.45, 7) is 1.57. The van der Waals surface area contributed by atoms with Crippen molar-refractivity contribution in [3.8, 4) is 0 Å². The molecule has 0 atom stereocenters. The second kappa shape index (κ2) is 3.58. The molecule has 0 unspecified atom stereocenters. The van der Waals surface area contributed by atoms with Crippen LogP contribution in [0.2, 0.25) is 0 Å². The summed E-state index contributed by atoms with van der Waals surface area (Å²) < 4.78 is 0. The minimum atomic E-state index is 0.0709. The van der Waals surface area contributed by atoms with Crippen LogP contribution in [-0.4, -0.2) is 10.8 Å². The molecule has 0 spiro atoms. The van der Waals surface area contributed by atoms with Gasteiger partial charge in [-0.1, -0.05) is 22.0 Å². The van der Waals surface area contributed by atoms with E-state index >= 15 is 0 Å². The van der Waals surface area contributed by atoms with Gasteiger partial charge >= 0.3 is 0 Å². The number of aromatic nitrogens is 1. The van der Waals surface area contributed by atoms with Gasteiger partial charge in [-0.05, 0) is 23.8 Å². The quantitative estimate of drug-likeness (QED) is 0.645. The largest absolute Gasteiger partial charge is 0.352 e. The van der Waals surface area contributed by atoms with Crippen molar-refractivity contribution in [1.82, 2.24) is 4.98 Å². The minimum Gasteiger partial charge on any atom is -0.352 e. The average molecular weight is 252 g/mol. The number of ketones is 1. The highest BCUT2D eigenvalue weighted by atomic mass is 79.9. The van der Waals surface area contributed by atoms with E-state index in [1.54, 1.807) is 6.92 Å². The van der Waals surface area contributed by atoms with E-state index in [-0.39, 0.29) is 5.78 Å². The first-order valence-electron chi connectivity index (χ1n) is 4.39. The van der Waals surface area contributed by atoms with Crippen molar-refractivity contribution in [2.24, 2.45) is 0 Å². The summed E-state index contributed by atoms with van der Waals surface area (Å²) in [4.78, 5) is 14.2. The van der Waals surface area contributed by atoms with Gasteiger partial charge in [-0.25, -0.2) is 0 Å². The van der Waals surface area contributed by atoms with E-state index in [0.29, 0.717) is 5.69 Å². The van der Waals surface area contributed by atoms with E-state index in [1.807, 2.05) is 18.2 Å². The van der Waals surface area contributed by atoms with Crippen molar-refractivity contribution < 1.29 is 4.79 Å². The molecule has 0 aliphatic heterocycles. The molecule has 1 aromatic heterocycles. The van der Waals surface area contributed by atoms with Crippen LogP contribution in [0.1, 0.15) is 23.0 Å². The monoisotopic (exact) mass is 251 g/mol.